The molecule has 370 valence electrons. The summed E-state index contributed by atoms with van der Waals surface area (Å²) in [7, 11) is 9.60. The predicted molar refractivity (Wildman–Crippen MR) is 261 cm³/mol. The van der Waals surface area contributed by atoms with Gasteiger partial charge in [-0.1, -0.05) is 43.7 Å². The number of anilines is 1. The second kappa shape index (κ2) is 24.3. The summed E-state index contributed by atoms with van der Waals surface area (Å²) in [5.74, 6) is 3.73. The lowest BCUT2D eigenvalue weighted by Crippen LogP contribution is -2.36. The van der Waals surface area contributed by atoms with E-state index in [1.807, 2.05) is 92.4 Å². The molecule has 69 heavy (non-hydrogen) atoms. The Morgan fingerprint density at radius 2 is 1.41 bits per heavy atom. The van der Waals surface area contributed by atoms with Gasteiger partial charge in [-0.2, -0.15) is 4.98 Å². The number of benzene rings is 4. The summed E-state index contributed by atoms with van der Waals surface area (Å²) < 4.78 is 54.5. The number of nitrogens with zero attached hydrogens (tertiary/aromatic N) is 6. The topological polar surface area (TPSA) is 170 Å². The van der Waals surface area contributed by atoms with Gasteiger partial charge in [-0.25, -0.2) is 14.3 Å². The third-order valence-electron chi connectivity index (χ3n) is 11.1. The molecule has 0 radical (unpaired) electrons. The quantitative estimate of drug-likeness (QED) is 0.0540. The van der Waals surface area contributed by atoms with Crippen molar-refractivity contribution in [3.63, 3.8) is 0 Å². The van der Waals surface area contributed by atoms with E-state index in [1.54, 1.807) is 64.4 Å². The zero-order valence-corrected chi connectivity index (χ0v) is 41.4. The Balaban J connectivity index is 1.42. The lowest BCUT2D eigenvalue weighted by atomic mass is 10.1. The van der Waals surface area contributed by atoms with E-state index in [1.165, 1.54) is 12.0 Å². The number of aromatic nitrogens is 4. The van der Waals surface area contributed by atoms with Crippen LogP contribution in [0.5, 0.6) is 40.5 Å². The molecule has 17 heteroatoms. The van der Waals surface area contributed by atoms with Gasteiger partial charge in [0.1, 0.15) is 58.9 Å². The maximum absolute atomic E-state index is 12.6. The lowest BCUT2D eigenvalue weighted by molar-refractivity contribution is 0.0278. The highest BCUT2D eigenvalue weighted by Crippen LogP contribution is 2.37. The van der Waals surface area contributed by atoms with Crippen molar-refractivity contribution in [2.75, 3.05) is 67.3 Å². The van der Waals surface area contributed by atoms with Crippen molar-refractivity contribution in [2.45, 2.75) is 84.5 Å². The van der Waals surface area contributed by atoms with Crippen molar-refractivity contribution in [3.8, 4) is 40.5 Å². The van der Waals surface area contributed by atoms with Crippen LogP contribution in [0, 0.1) is 0 Å². The molecule has 0 aliphatic carbocycles. The third-order valence-corrected chi connectivity index (χ3v) is 11.1. The van der Waals surface area contributed by atoms with E-state index in [0.29, 0.717) is 83.3 Å². The fourth-order valence-corrected chi connectivity index (χ4v) is 7.51. The highest BCUT2D eigenvalue weighted by Gasteiger charge is 2.28. The summed E-state index contributed by atoms with van der Waals surface area (Å²) in [6.07, 6.45) is 1.58. The molecule has 0 aliphatic heterocycles. The number of likely N-dealkylation sites (N-methyl/N-ethyl adjacent to an activating group) is 1. The monoisotopic (exact) mass is 950 g/mol. The number of hydrogen-bond acceptors (Lipinski definition) is 15. The summed E-state index contributed by atoms with van der Waals surface area (Å²) in [6, 6.07) is 26.5. The van der Waals surface area contributed by atoms with Crippen LogP contribution >= 0.6 is 0 Å². The van der Waals surface area contributed by atoms with E-state index >= 15 is 0 Å². The zero-order valence-electron chi connectivity index (χ0n) is 41.4. The Morgan fingerprint density at radius 1 is 0.768 bits per heavy atom. The number of hydrogen-bond donors (Lipinski definition) is 1. The summed E-state index contributed by atoms with van der Waals surface area (Å²) in [5, 5.41) is 17.3. The van der Waals surface area contributed by atoms with Crippen LogP contribution in [0.4, 0.5) is 10.6 Å². The summed E-state index contributed by atoms with van der Waals surface area (Å²) >= 11 is 0. The smallest absolute Gasteiger partial charge is 0.410 e. The Kier molecular flexibility index (Phi) is 18.1. The van der Waals surface area contributed by atoms with Gasteiger partial charge < -0.3 is 57.5 Å². The fraction of sp³-hybridized carbons (Fsp3) is 0.423. The highest BCUT2D eigenvalue weighted by atomic mass is 16.6. The van der Waals surface area contributed by atoms with Crippen molar-refractivity contribution in [3.05, 3.63) is 119 Å². The molecule has 6 rings (SSSR count). The largest absolute Gasteiger partial charge is 0.497 e. The molecule has 17 nitrogen and oxygen atoms in total. The molecule has 1 amide bonds. The number of carbonyl (C=O) groups excluding carboxylic acids is 1. The molecule has 0 bridgehead atoms. The SMILES string of the molecule is CCC[C@H](CCOCc1ccccc1)Oc1nc(N(Cc2ccc(OC)cc2OC)Cc2ccc(OC)cc2OC)c2ncc(C(O)c3cc(OCCN(C)C(=O)OC(C)(C)C)ccc3OC)n2n1. The zero-order chi connectivity index (χ0) is 49.5. The Morgan fingerprint density at radius 3 is 2.00 bits per heavy atom. The van der Waals surface area contributed by atoms with Gasteiger partial charge in [-0.15, -0.1) is 5.10 Å². The minimum Gasteiger partial charge on any atom is -0.497 e. The van der Waals surface area contributed by atoms with Crippen LogP contribution in [0.3, 0.4) is 0 Å². The predicted octanol–water partition coefficient (Wildman–Crippen LogP) is 8.86. The molecule has 1 unspecified atom stereocenters. The van der Waals surface area contributed by atoms with Gasteiger partial charge in [-0.3, -0.25) is 0 Å². The molecule has 2 aromatic heterocycles. The van der Waals surface area contributed by atoms with Crippen LogP contribution in [0.15, 0.2) is 91.1 Å². The molecule has 0 fully saturated rings. The molecule has 0 spiro atoms. The van der Waals surface area contributed by atoms with E-state index in [-0.39, 0.29) is 38.4 Å². The minimum absolute atomic E-state index is 0.0667. The summed E-state index contributed by atoms with van der Waals surface area (Å²) in [6.45, 7) is 9.43. The first kappa shape index (κ1) is 51.4. The normalized spacial score (nSPS) is 12.2. The van der Waals surface area contributed by atoms with E-state index in [4.69, 9.17) is 57.7 Å². The number of aliphatic hydroxyl groups is 1. The molecule has 2 atom stereocenters. The lowest BCUT2D eigenvalue weighted by Gasteiger charge is -2.27. The second-order valence-corrected chi connectivity index (χ2v) is 17.3. The molecule has 2 heterocycles. The first-order valence-corrected chi connectivity index (χ1v) is 22.9. The number of aliphatic hydroxyl groups excluding tert-OH is 1. The molecule has 0 saturated carbocycles. The standard InChI is InChI=1S/C52H66N6O11/c1-11-15-38(24-26-66-34-35-16-13-12-14-17-35)68-50-54-49(57(32-36-18-20-39(61-6)29-45(36)64-9)33-37-19-21-40(62-7)30-46(37)65-10)48-53-31-43(58(48)55-50)47(59)42-28-41(22-23-44(42)63-8)67-27-25-56(5)51(60)69-52(2,3)4/h12-14,16-23,28-31,38,47,59H,11,15,24-27,32-34H2,1-10H3/t38-,47?/m1/s1. The number of fused-ring (bicyclic) bond motifs is 1. The molecular weight excluding hydrogens is 885 g/mol. The highest BCUT2D eigenvalue weighted by molar-refractivity contribution is 5.68. The molecule has 1 N–H and O–H groups in total. The van der Waals surface area contributed by atoms with Crippen LogP contribution in [0.25, 0.3) is 5.65 Å². The first-order valence-electron chi connectivity index (χ1n) is 22.9. The molecule has 4 aromatic carbocycles. The Bertz CT molecular complexity index is 2530. The van der Waals surface area contributed by atoms with Gasteiger partial charge >= 0.3 is 12.1 Å². The second-order valence-electron chi connectivity index (χ2n) is 17.3. The van der Waals surface area contributed by atoms with E-state index in [2.05, 4.69) is 6.92 Å². The summed E-state index contributed by atoms with van der Waals surface area (Å²) in [4.78, 5) is 26.1. The van der Waals surface area contributed by atoms with Crippen LogP contribution in [0.2, 0.25) is 0 Å². The third kappa shape index (κ3) is 13.8. The van der Waals surface area contributed by atoms with Crippen LogP contribution in [0.1, 0.15) is 81.0 Å². The van der Waals surface area contributed by atoms with Crippen molar-refractivity contribution in [1.29, 1.82) is 0 Å². The maximum atomic E-state index is 12.6. The van der Waals surface area contributed by atoms with Crippen molar-refractivity contribution in [1.82, 2.24) is 24.5 Å². The van der Waals surface area contributed by atoms with E-state index in [0.717, 1.165) is 23.1 Å². The maximum Gasteiger partial charge on any atom is 0.410 e. The number of imidazole rings is 1. The number of amides is 1. The number of ether oxygens (including phenoxy) is 9. The summed E-state index contributed by atoms with van der Waals surface area (Å²) in [5.41, 5.74) is 3.14. The van der Waals surface area contributed by atoms with Crippen LogP contribution in [-0.2, 0) is 29.2 Å². The van der Waals surface area contributed by atoms with Crippen molar-refractivity contribution < 1.29 is 52.5 Å². The van der Waals surface area contributed by atoms with E-state index in [9.17, 15) is 9.90 Å². The molecular formula is C52H66N6O11. The van der Waals surface area contributed by atoms with Gasteiger partial charge in [0, 0.05) is 55.4 Å². The number of carbonyl (C=O) groups is 1. The van der Waals surface area contributed by atoms with Crippen molar-refractivity contribution >= 4 is 17.6 Å². The first-order chi connectivity index (χ1) is 33.3. The molecule has 0 saturated heterocycles. The van der Waals surface area contributed by atoms with Crippen molar-refractivity contribution in [2.24, 2.45) is 0 Å². The number of rotatable bonds is 25. The average Bonchev–Trinajstić information content (AvgIpc) is 3.78. The van der Waals surface area contributed by atoms with E-state index < -0.39 is 17.8 Å². The van der Waals surface area contributed by atoms with Gasteiger partial charge in [-0.05, 0) is 75.2 Å². The Labute approximate surface area is 404 Å². The molecule has 0 aliphatic rings. The Hall–Kier alpha value is -6.98. The van der Waals surface area contributed by atoms with Gasteiger partial charge in [0.15, 0.2) is 11.5 Å². The van der Waals surface area contributed by atoms with Gasteiger partial charge in [0.2, 0.25) is 0 Å². The van der Waals surface area contributed by atoms with Gasteiger partial charge in [0.25, 0.3) is 0 Å². The minimum atomic E-state index is -1.33. The van der Waals surface area contributed by atoms with Crippen LogP contribution < -0.4 is 38.1 Å². The van der Waals surface area contributed by atoms with Gasteiger partial charge in [0.05, 0.1) is 67.2 Å². The number of methoxy groups -OCH3 is 5. The fourth-order valence-electron chi connectivity index (χ4n) is 7.51. The van der Waals surface area contributed by atoms with Crippen LogP contribution in [-0.4, -0.2) is 110 Å². The average molecular weight is 951 g/mol. The molecule has 6 aromatic rings.